The Hall–Kier alpha value is -2.96. The number of nitrogens with one attached hydrogen (secondary N) is 1. The zero-order valence-electron chi connectivity index (χ0n) is 14.7. The Labute approximate surface area is 151 Å². The summed E-state index contributed by atoms with van der Waals surface area (Å²) in [6.45, 7) is 3.50. The van der Waals surface area contributed by atoms with Gasteiger partial charge in [0.2, 0.25) is 5.91 Å². The van der Waals surface area contributed by atoms with Crippen LogP contribution in [0.1, 0.15) is 46.5 Å². The van der Waals surface area contributed by atoms with Crippen molar-refractivity contribution < 1.29 is 9.59 Å². The van der Waals surface area contributed by atoms with E-state index >= 15 is 0 Å². The van der Waals surface area contributed by atoms with E-state index in [-0.39, 0.29) is 11.8 Å². The van der Waals surface area contributed by atoms with Gasteiger partial charge >= 0.3 is 0 Å². The molecule has 7 nitrogen and oxygen atoms in total. The molecule has 0 spiro atoms. The normalized spacial score (nSPS) is 15.3. The van der Waals surface area contributed by atoms with Crippen molar-refractivity contribution in [2.24, 2.45) is 0 Å². The molecule has 1 aromatic heterocycles. The minimum Gasteiger partial charge on any atom is -0.349 e. The standard InChI is InChI=1S/C19H21N5O2/c1-13(25)20-11-17-21-22-18-12-23(8-9-24(17)18)19(26)16-7-6-14-4-2-3-5-15(14)10-16/h2,4,6-7,10H,3,5,8-9,11-12H2,1H3,(H,20,25). The summed E-state index contributed by atoms with van der Waals surface area (Å²) in [7, 11) is 0. The lowest BCUT2D eigenvalue weighted by molar-refractivity contribution is -0.119. The van der Waals surface area contributed by atoms with Crippen LogP contribution in [0.4, 0.5) is 0 Å². The zero-order valence-corrected chi connectivity index (χ0v) is 14.7. The summed E-state index contributed by atoms with van der Waals surface area (Å²) in [5, 5.41) is 11.1. The minimum atomic E-state index is -0.0998. The van der Waals surface area contributed by atoms with Gasteiger partial charge in [0.05, 0.1) is 13.1 Å². The lowest BCUT2D eigenvalue weighted by Gasteiger charge is -2.28. The van der Waals surface area contributed by atoms with Crippen LogP contribution in [0.15, 0.2) is 24.3 Å². The van der Waals surface area contributed by atoms with Gasteiger partial charge in [-0.3, -0.25) is 9.59 Å². The molecule has 0 atom stereocenters. The third-order valence-corrected chi connectivity index (χ3v) is 4.88. The Morgan fingerprint density at radius 3 is 2.96 bits per heavy atom. The molecule has 0 unspecified atom stereocenters. The number of hydrogen-bond donors (Lipinski definition) is 1. The summed E-state index contributed by atoms with van der Waals surface area (Å²) in [5.41, 5.74) is 3.16. The molecular formula is C19H21N5O2. The molecule has 26 heavy (non-hydrogen) atoms. The second kappa shape index (κ2) is 6.74. The highest BCUT2D eigenvalue weighted by molar-refractivity contribution is 5.94. The van der Waals surface area contributed by atoms with Gasteiger partial charge in [-0.15, -0.1) is 10.2 Å². The summed E-state index contributed by atoms with van der Waals surface area (Å²) in [6, 6.07) is 5.94. The number of benzene rings is 1. The smallest absolute Gasteiger partial charge is 0.254 e. The van der Waals surface area contributed by atoms with Crippen molar-refractivity contribution in [3.8, 4) is 0 Å². The number of carbonyl (C=O) groups excluding carboxylic acids is 2. The summed E-state index contributed by atoms with van der Waals surface area (Å²) < 4.78 is 1.98. The van der Waals surface area contributed by atoms with Crippen molar-refractivity contribution in [1.29, 1.82) is 0 Å². The average Bonchev–Trinajstić information content (AvgIpc) is 3.07. The number of amides is 2. The average molecular weight is 351 g/mol. The second-order valence-electron chi connectivity index (χ2n) is 6.68. The molecule has 2 heterocycles. The van der Waals surface area contributed by atoms with Crippen LogP contribution in [0.25, 0.3) is 6.08 Å². The summed E-state index contributed by atoms with van der Waals surface area (Å²) in [5.74, 6) is 1.41. The molecule has 2 aromatic rings. The maximum Gasteiger partial charge on any atom is 0.254 e. The Morgan fingerprint density at radius 1 is 1.23 bits per heavy atom. The quantitative estimate of drug-likeness (QED) is 0.909. The molecule has 134 valence electrons. The summed E-state index contributed by atoms with van der Waals surface area (Å²) in [4.78, 5) is 25.8. The molecule has 1 aromatic carbocycles. The highest BCUT2D eigenvalue weighted by Gasteiger charge is 2.25. The molecule has 0 saturated carbocycles. The predicted molar refractivity (Wildman–Crippen MR) is 96.1 cm³/mol. The minimum absolute atomic E-state index is 0.0278. The fourth-order valence-corrected chi connectivity index (χ4v) is 3.48. The van der Waals surface area contributed by atoms with Crippen LogP contribution < -0.4 is 5.32 Å². The number of aromatic nitrogens is 3. The Bertz CT molecular complexity index is 899. The number of allylic oxidation sites excluding steroid dienone is 1. The van der Waals surface area contributed by atoms with E-state index in [1.165, 1.54) is 18.1 Å². The molecule has 2 amide bonds. The van der Waals surface area contributed by atoms with Crippen molar-refractivity contribution in [1.82, 2.24) is 25.0 Å². The molecule has 0 fully saturated rings. The monoisotopic (exact) mass is 351 g/mol. The van der Waals surface area contributed by atoms with E-state index in [2.05, 4.69) is 27.7 Å². The van der Waals surface area contributed by atoms with E-state index in [1.54, 1.807) is 0 Å². The zero-order chi connectivity index (χ0) is 18.1. The number of aryl methyl sites for hydroxylation is 1. The lowest BCUT2D eigenvalue weighted by atomic mass is 9.95. The second-order valence-corrected chi connectivity index (χ2v) is 6.68. The molecule has 7 heteroatoms. The van der Waals surface area contributed by atoms with Gasteiger partial charge in [-0.25, -0.2) is 0 Å². The van der Waals surface area contributed by atoms with Crippen LogP contribution in [0.3, 0.4) is 0 Å². The maximum atomic E-state index is 12.9. The number of carbonyl (C=O) groups is 2. The first-order valence-corrected chi connectivity index (χ1v) is 8.86. The van der Waals surface area contributed by atoms with Gasteiger partial charge < -0.3 is 14.8 Å². The molecule has 0 radical (unpaired) electrons. The van der Waals surface area contributed by atoms with E-state index < -0.39 is 0 Å². The van der Waals surface area contributed by atoms with Gasteiger partial charge in [-0.05, 0) is 36.1 Å². The highest BCUT2D eigenvalue weighted by atomic mass is 16.2. The van der Waals surface area contributed by atoms with Crippen LogP contribution >= 0.6 is 0 Å². The summed E-state index contributed by atoms with van der Waals surface area (Å²) in [6.07, 6.45) is 6.29. The van der Waals surface area contributed by atoms with Gasteiger partial charge in [-0.2, -0.15) is 0 Å². The molecule has 1 aliphatic heterocycles. The first-order chi connectivity index (χ1) is 12.6. The SMILES string of the molecule is CC(=O)NCc1nnc2n1CCN(C(=O)c1ccc3c(c1)CCC=C3)C2. The maximum absolute atomic E-state index is 12.9. The third-order valence-electron chi connectivity index (χ3n) is 4.88. The van der Waals surface area contributed by atoms with E-state index in [0.29, 0.717) is 26.2 Å². The van der Waals surface area contributed by atoms with Crippen LogP contribution in [0.2, 0.25) is 0 Å². The molecular weight excluding hydrogens is 330 g/mol. The van der Waals surface area contributed by atoms with E-state index in [0.717, 1.165) is 30.1 Å². The van der Waals surface area contributed by atoms with Gasteiger partial charge in [0.25, 0.3) is 5.91 Å². The lowest BCUT2D eigenvalue weighted by Crippen LogP contribution is -2.39. The molecule has 1 aliphatic carbocycles. The fourth-order valence-electron chi connectivity index (χ4n) is 3.48. The van der Waals surface area contributed by atoms with Crippen LogP contribution in [-0.2, 0) is 30.8 Å². The predicted octanol–water partition coefficient (Wildman–Crippen LogP) is 1.53. The number of hydrogen-bond acceptors (Lipinski definition) is 4. The topological polar surface area (TPSA) is 80.1 Å². The van der Waals surface area contributed by atoms with Crippen LogP contribution in [0, 0.1) is 0 Å². The summed E-state index contributed by atoms with van der Waals surface area (Å²) >= 11 is 0. The molecule has 2 aliphatic rings. The molecule has 1 N–H and O–H groups in total. The first-order valence-electron chi connectivity index (χ1n) is 8.86. The van der Waals surface area contributed by atoms with Crippen LogP contribution in [0.5, 0.6) is 0 Å². The molecule has 0 bridgehead atoms. The Balaban J connectivity index is 1.49. The molecule has 4 rings (SSSR count). The third kappa shape index (κ3) is 3.12. The number of fused-ring (bicyclic) bond motifs is 2. The van der Waals surface area contributed by atoms with Crippen molar-refractivity contribution in [2.45, 2.75) is 39.4 Å². The van der Waals surface area contributed by atoms with Gasteiger partial charge in [0, 0.05) is 25.6 Å². The fraction of sp³-hybridized carbons (Fsp3) is 0.368. The van der Waals surface area contributed by atoms with Gasteiger partial charge in [0.15, 0.2) is 11.6 Å². The molecule has 0 saturated heterocycles. The first kappa shape index (κ1) is 16.5. The van der Waals surface area contributed by atoms with Crippen molar-refractivity contribution in [3.63, 3.8) is 0 Å². The largest absolute Gasteiger partial charge is 0.349 e. The van der Waals surface area contributed by atoms with E-state index in [4.69, 9.17) is 0 Å². The van der Waals surface area contributed by atoms with Crippen molar-refractivity contribution in [2.75, 3.05) is 6.54 Å². The van der Waals surface area contributed by atoms with Gasteiger partial charge in [-0.1, -0.05) is 18.2 Å². The van der Waals surface area contributed by atoms with E-state index in [9.17, 15) is 9.59 Å². The van der Waals surface area contributed by atoms with Crippen molar-refractivity contribution in [3.05, 3.63) is 52.6 Å². The van der Waals surface area contributed by atoms with Crippen LogP contribution in [-0.4, -0.2) is 38.0 Å². The number of nitrogens with zero attached hydrogens (tertiary/aromatic N) is 4. The highest BCUT2D eigenvalue weighted by Crippen LogP contribution is 2.22. The Morgan fingerprint density at radius 2 is 2.12 bits per heavy atom. The van der Waals surface area contributed by atoms with Gasteiger partial charge in [0.1, 0.15) is 0 Å². The van der Waals surface area contributed by atoms with Crippen molar-refractivity contribution >= 4 is 17.9 Å². The van der Waals surface area contributed by atoms with E-state index in [1.807, 2.05) is 27.7 Å². The number of rotatable bonds is 3. The Kier molecular flexibility index (Phi) is 4.28.